The van der Waals surface area contributed by atoms with Crippen LogP contribution in [0.25, 0.3) is 0 Å². The molecule has 0 atom stereocenters. The number of hydrogen-bond acceptors (Lipinski definition) is 5. The first-order valence-electron chi connectivity index (χ1n) is 9.47. The highest BCUT2D eigenvalue weighted by molar-refractivity contribution is 7.11. The van der Waals surface area contributed by atoms with E-state index in [4.69, 9.17) is 0 Å². The van der Waals surface area contributed by atoms with Gasteiger partial charge in [-0.15, -0.1) is 11.3 Å². The van der Waals surface area contributed by atoms with E-state index in [1.807, 2.05) is 6.20 Å². The Hall–Kier alpha value is -2.74. The quantitative estimate of drug-likeness (QED) is 0.308. The predicted molar refractivity (Wildman–Crippen MR) is 111 cm³/mol. The van der Waals surface area contributed by atoms with Crippen molar-refractivity contribution in [3.63, 3.8) is 0 Å². The molecule has 0 aliphatic carbocycles. The maximum absolute atomic E-state index is 12.3. The number of hydrogen-bond donors (Lipinski definition) is 2. The lowest BCUT2D eigenvalue weighted by Crippen LogP contribution is -2.37. The van der Waals surface area contributed by atoms with Gasteiger partial charge in [0, 0.05) is 31.2 Å². The minimum absolute atomic E-state index is 0.194. The SMILES string of the molecule is CCc1cnc(CNC(=NC)NCCCCN2C(=O)c3ccccc3C2=O)s1. The minimum atomic E-state index is -0.194. The second-order valence-corrected chi connectivity index (χ2v) is 7.64. The van der Waals surface area contributed by atoms with E-state index in [1.165, 1.54) is 9.78 Å². The number of aromatic nitrogens is 1. The fraction of sp³-hybridized carbons (Fsp3) is 0.400. The van der Waals surface area contributed by atoms with Gasteiger partial charge in [0.05, 0.1) is 17.7 Å². The van der Waals surface area contributed by atoms with Crippen molar-refractivity contribution >= 4 is 29.1 Å². The van der Waals surface area contributed by atoms with Gasteiger partial charge < -0.3 is 10.6 Å². The number of guanidine groups is 1. The number of fused-ring (bicyclic) bond motifs is 1. The minimum Gasteiger partial charge on any atom is -0.356 e. The molecule has 1 aromatic carbocycles. The molecule has 148 valence electrons. The Labute approximate surface area is 168 Å². The highest BCUT2D eigenvalue weighted by Gasteiger charge is 2.34. The average molecular weight is 400 g/mol. The number of benzene rings is 1. The van der Waals surface area contributed by atoms with Crippen molar-refractivity contribution in [2.24, 2.45) is 4.99 Å². The van der Waals surface area contributed by atoms with Crippen LogP contribution in [0.1, 0.15) is 50.4 Å². The molecule has 1 aliphatic rings. The molecule has 0 radical (unpaired) electrons. The second kappa shape index (κ2) is 9.45. The van der Waals surface area contributed by atoms with Crippen molar-refractivity contribution in [1.82, 2.24) is 20.5 Å². The van der Waals surface area contributed by atoms with Gasteiger partial charge in [0.15, 0.2) is 5.96 Å². The Kier molecular flexibility index (Phi) is 6.76. The number of aryl methyl sites for hydroxylation is 1. The van der Waals surface area contributed by atoms with Gasteiger partial charge in [0.2, 0.25) is 0 Å². The molecule has 0 saturated carbocycles. The Balaban J connectivity index is 1.37. The lowest BCUT2D eigenvalue weighted by Gasteiger charge is -2.14. The maximum atomic E-state index is 12.3. The van der Waals surface area contributed by atoms with Crippen molar-refractivity contribution in [2.75, 3.05) is 20.1 Å². The number of imide groups is 1. The van der Waals surface area contributed by atoms with Gasteiger partial charge in [-0.3, -0.25) is 19.5 Å². The van der Waals surface area contributed by atoms with E-state index in [-0.39, 0.29) is 11.8 Å². The number of unbranched alkanes of at least 4 members (excludes halogenated alkanes) is 1. The monoisotopic (exact) mass is 399 g/mol. The molecule has 2 amide bonds. The molecule has 2 N–H and O–H groups in total. The van der Waals surface area contributed by atoms with Crippen molar-refractivity contribution < 1.29 is 9.59 Å². The fourth-order valence-electron chi connectivity index (χ4n) is 3.02. The van der Waals surface area contributed by atoms with Crippen LogP contribution in [0.4, 0.5) is 0 Å². The molecule has 3 rings (SSSR count). The molecule has 0 saturated heterocycles. The van der Waals surface area contributed by atoms with Gasteiger partial charge in [0.1, 0.15) is 5.01 Å². The van der Waals surface area contributed by atoms with Crippen molar-refractivity contribution in [2.45, 2.75) is 32.7 Å². The van der Waals surface area contributed by atoms with Gasteiger partial charge >= 0.3 is 0 Å². The van der Waals surface area contributed by atoms with Crippen molar-refractivity contribution in [3.05, 3.63) is 51.5 Å². The molecule has 8 heteroatoms. The van der Waals surface area contributed by atoms with E-state index in [2.05, 4.69) is 27.5 Å². The van der Waals surface area contributed by atoms with Crippen LogP contribution in [0.15, 0.2) is 35.5 Å². The summed E-state index contributed by atoms with van der Waals surface area (Å²) in [6.45, 7) is 3.90. The van der Waals surface area contributed by atoms with E-state index in [9.17, 15) is 9.59 Å². The first-order chi connectivity index (χ1) is 13.6. The zero-order chi connectivity index (χ0) is 19.9. The molecular weight excluding hydrogens is 374 g/mol. The van der Waals surface area contributed by atoms with E-state index < -0.39 is 0 Å². The summed E-state index contributed by atoms with van der Waals surface area (Å²) in [5.41, 5.74) is 1.01. The number of nitrogens with one attached hydrogen (secondary N) is 2. The Bertz CT molecular complexity index is 842. The number of rotatable bonds is 8. The van der Waals surface area contributed by atoms with Crippen LogP contribution < -0.4 is 10.6 Å². The van der Waals surface area contributed by atoms with E-state index in [0.29, 0.717) is 36.7 Å². The van der Waals surface area contributed by atoms with Crippen molar-refractivity contribution in [3.8, 4) is 0 Å². The summed E-state index contributed by atoms with van der Waals surface area (Å²) in [5.74, 6) is 0.329. The molecule has 0 bridgehead atoms. The molecule has 1 aromatic heterocycles. The van der Waals surface area contributed by atoms with Gasteiger partial charge in [-0.25, -0.2) is 4.98 Å². The Morgan fingerprint density at radius 3 is 2.46 bits per heavy atom. The average Bonchev–Trinajstić information content (AvgIpc) is 3.28. The summed E-state index contributed by atoms with van der Waals surface area (Å²) in [6, 6.07) is 6.98. The molecule has 2 aromatic rings. The van der Waals surface area contributed by atoms with Crippen molar-refractivity contribution in [1.29, 1.82) is 0 Å². The molecule has 28 heavy (non-hydrogen) atoms. The third kappa shape index (κ3) is 4.56. The number of carbonyl (C=O) groups is 2. The number of nitrogens with zero attached hydrogens (tertiary/aromatic N) is 3. The van der Waals surface area contributed by atoms with Crippen LogP contribution in [0.5, 0.6) is 0 Å². The number of thiazole rings is 1. The third-order valence-corrected chi connectivity index (χ3v) is 5.70. The summed E-state index contributed by atoms with van der Waals surface area (Å²) in [6.07, 6.45) is 4.47. The molecule has 0 unspecified atom stereocenters. The maximum Gasteiger partial charge on any atom is 0.261 e. The molecular formula is C20H25N5O2S. The standard InChI is InChI=1S/C20H25N5O2S/c1-3-14-12-23-17(28-14)13-24-20(21-2)22-10-6-7-11-25-18(26)15-8-4-5-9-16(15)19(25)27/h4-5,8-9,12H,3,6-7,10-11,13H2,1-2H3,(H2,21,22,24). The van der Waals surface area contributed by atoms with Crippen LogP contribution in [0.3, 0.4) is 0 Å². The van der Waals surface area contributed by atoms with Crippen LogP contribution in [0.2, 0.25) is 0 Å². The smallest absolute Gasteiger partial charge is 0.261 e. The Morgan fingerprint density at radius 1 is 1.14 bits per heavy atom. The normalized spacial score (nSPS) is 13.8. The van der Waals surface area contributed by atoms with Gasteiger partial charge in [-0.05, 0) is 31.4 Å². The molecule has 0 spiro atoms. The number of aliphatic imine (C=N–C) groups is 1. The van der Waals surface area contributed by atoms with Gasteiger partial charge in [-0.1, -0.05) is 19.1 Å². The van der Waals surface area contributed by atoms with Crippen LogP contribution in [-0.2, 0) is 13.0 Å². The van der Waals surface area contributed by atoms with E-state index >= 15 is 0 Å². The first-order valence-corrected chi connectivity index (χ1v) is 10.3. The topological polar surface area (TPSA) is 86.7 Å². The van der Waals surface area contributed by atoms with Crippen LogP contribution >= 0.6 is 11.3 Å². The predicted octanol–water partition coefficient (Wildman–Crippen LogP) is 2.45. The third-order valence-electron chi connectivity index (χ3n) is 4.56. The highest BCUT2D eigenvalue weighted by Crippen LogP contribution is 2.22. The van der Waals surface area contributed by atoms with Gasteiger partial charge in [0.25, 0.3) is 11.8 Å². The number of carbonyl (C=O) groups excluding carboxylic acids is 2. The summed E-state index contributed by atoms with van der Waals surface area (Å²) < 4.78 is 0. The summed E-state index contributed by atoms with van der Waals surface area (Å²) in [7, 11) is 1.73. The molecule has 0 fully saturated rings. The zero-order valence-electron chi connectivity index (χ0n) is 16.2. The lowest BCUT2D eigenvalue weighted by atomic mass is 10.1. The summed E-state index contributed by atoms with van der Waals surface area (Å²) in [4.78, 5) is 35.8. The first kappa shape index (κ1) is 20.0. The zero-order valence-corrected chi connectivity index (χ0v) is 17.0. The fourth-order valence-corrected chi connectivity index (χ4v) is 3.82. The molecule has 7 nitrogen and oxygen atoms in total. The number of amides is 2. The largest absolute Gasteiger partial charge is 0.356 e. The lowest BCUT2D eigenvalue weighted by molar-refractivity contribution is 0.0652. The van der Waals surface area contributed by atoms with Crippen LogP contribution in [0, 0.1) is 0 Å². The molecule has 2 heterocycles. The highest BCUT2D eigenvalue weighted by atomic mass is 32.1. The second-order valence-electron chi connectivity index (χ2n) is 6.44. The van der Waals surface area contributed by atoms with E-state index in [0.717, 1.165) is 24.3 Å². The Morgan fingerprint density at radius 2 is 1.86 bits per heavy atom. The summed E-state index contributed by atoms with van der Waals surface area (Å²) in [5, 5.41) is 7.53. The van der Waals surface area contributed by atoms with Gasteiger partial charge in [-0.2, -0.15) is 0 Å². The van der Waals surface area contributed by atoms with Crippen LogP contribution in [-0.4, -0.2) is 47.8 Å². The van der Waals surface area contributed by atoms with E-state index in [1.54, 1.807) is 42.6 Å². The molecule has 1 aliphatic heterocycles. The summed E-state index contributed by atoms with van der Waals surface area (Å²) >= 11 is 1.70.